The lowest BCUT2D eigenvalue weighted by Gasteiger charge is -2.22. The zero-order chi connectivity index (χ0) is 11.4. The van der Waals surface area contributed by atoms with E-state index in [-0.39, 0.29) is 0 Å². The molecule has 16 heavy (non-hydrogen) atoms. The molecular formula is C11H19N5. The van der Waals surface area contributed by atoms with Crippen LogP contribution in [0.15, 0.2) is 12.3 Å². The maximum atomic E-state index is 4.55. The summed E-state index contributed by atoms with van der Waals surface area (Å²) < 4.78 is 0. The van der Waals surface area contributed by atoms with Gasteiger partial charge in [0.15, 0.2) is 0 Å². The van der Waals surface area contributed by atoms with Crippen LogP contribution in [0.5, 0.6) is 0 Å². The van der Waals surface area contributed by atoms with Gasteiger partial charge in [-0.3, -0.25) is 0 Å². The summed E-state index contributed by atoms with van der Waals surface area (Å²) in [6.07, 6.45) is 3.00. The zero-order valence-corrected chi connectivity index (χ0v) is 9.98. The SMILES string of the molecule is CN(C)c1nccc(N2CCCNCC2)n1. The molecule has 0 atom stereocenters. The molecule has 1 aliphatic heterocycles. The van der Waals surface area contributed by atoms with Crippen molar-refractivity contribution in [3.63, 3.8) is 0 Å². The maximum Gasteiger partial charge on any atom is 0.226 e. The second-order valence-corrected chi connectivity index (χ2v) is 4.20. The molecule has 0 saturated carbocycles. The second kappa shape index (κ2) is 5.12. The highest BCUT2D eigenvalue weighted by atomic mass is 15.3. The van der Waals surface area contributed by atoms with E-state index in [1.165, 1.54) is 6.42 Å². The zero-order valence-electron chi connectivity index (χ0n) is 9.98. The van der Waals surface area contributed by atoms with Gasteiger partial charge >= 0.3 is 0 Å². The van der Waals surface area contributed by atoms with Gasteiger partial charge in [-0.15, -0.1) is 0 Å². The van der Waals surface area contributed by atoms with Gasteiger partial charge in [-0.2, -0.15) is 4.98 Å². The predicted molar refractivity (Wildman–Crippen MR) is 66.1 cm³/mol. The van der Waals surface area contributed by atoms with E-state index in [0.717, 1.165) is 37.9 Å². The van der Waals surface area contributed by atoms with E-state index in [9.17, 15) is 0 Å². The molecule has 1 aromatic rings. The van der Waals surface area contributed by atoms with Crippen molar-refractivity contribution in [2.75, 3.05) is 50.1 Å². The number of hydrogen-bond acceptors (Lipinski definition) is 5. The Kier molecular flexibility index (Phi) is 3.56. The lowest BCUT2D eigenvalue weighted by atomic mass is 10.4. The van der Waals surface area contributed by atoms with Crippen LogP contribution in [0.2, 0.25) is 0 Å². The van der Waals surface area contributed by atoms with E-state index >= 15 is 0 Å². The first-order chi connectivity index (χ1) is 7.77. The summed E-state index contributed by atoms with van der Waals surface area (Å²) in [5.41, 5.74) is 0. The van der Waals surface area contributed by atoms with Crippen molar-refractivity contribution in [1.82, 2.24) is 15.3 Å². The molecule has 0 spiro atoms. The summed E-state index contributed by atoms with van der Waals surface area (Å²) in [6.45, 7) is 4.21. The molecule has 0 unspecified atom stereocenters. The largest absolute Gasteiger partial charge is 0.355 e. The molecule has 0 aliphatic carbocycles. The summed E-state index contributed by atoms with van der Waals surface area (Å²) in [7, 11) is 3.92. The Morgan fingerprint density at radius 3 is 3.00 bits per heavy atom. The molecule has 0 aromatic carbocycles. The van der Waals surface area contributed by atoms with Crippen molar-refractivity contribution in [3.8, 4) is 0 Å². The molecule has 5 heteroatoms. The van der Waals surface area contributed by atoms with Crippen LogP contribution in [0.4, 0.5) is 11.8 Å². The van der Waals surface area contributed by atoms with Crippen LogP contribution in [0.1, 0.15) is 6.42 Å². The first kappa shape index (κ1) is 11.1. The van der Waals surface area contributed by atoms with Crippen LogP contribution in [0, 0.1) is 0 Å². The molecule has 0 radical (unpaired) electrons. The molecule has 2 heterocycles. The highest BCUT2D eigenvalue weighted by Crippen LogP contribution is 2.14. The van der Waals surface area contributed by atoms with Gasteiger partial charge in [0.1, 0.15) is 5.82 Å². The predicted octanol–water partition coefficient (Wildman–Crippen LogP) is 0.342. The summed E-state index contributed by atoms with van der Waals surface area (Å²) >= 11 is 0. The first-order valence-electron chi connectivity index (χ1n) is 5.73. The topological polar surface area (TPSA) is 44.3 Å². The number of aromatic nitrogens is 2. The fourth-order valence-corrected chi connectivity index (χ4v) is 1.81. The van der Waals surface area contributed by atoms with Crippen LogP contribution >= 0.6 is 0 Å². The molecule has 1 fully saturated rings. The summed E-state index contributed by atoms with van der Waals surface area (Å²) in [5.74, 6) is 1.80. The number of hydrogen-bond donors (Lipinski definition) is 1. The van der Waals surface area contributed by atoms with Crippen molar-refractivity contribution in [2.24, 2.45) is 0 Å². The molecule has 1 saturated heterocycles. The molecule has 1 aromatic heterocycles. The third-order valence-electron chi connectivity index (χ3n) is 2.69. The fraction of sp³-hybridized carbons (Fsp3) is 0.636. The van der Waals surface area contributed by atoms with Gasteiger partial charge in [0.05, 0.1) is 0 Å². The molecule has 88 valence electrons. The first-order valence-corrected chi connectivity index (χ1v) is 5.73. The lowest BCUT2D eigenvalue weighted by molar-refractivity contribution is 0.724. The minimum atomic E-state index is 0.773. The van der Waals surface area contributed by atoms with Crippen molar-refractivity contribution in [1.29, 1.82) is 0 Å². The maximum absolute atomic E-state index is 4.55. The Balaban J connectivity index is 2.15. The molecule has 0 bridgehead atoms. The van der Waals surface area contributed by atoms with Crippen molar-refractivity contribution < 1.29 is 0 Å². The highest BCUT2D eigenvalue weighted by Gasteiger charge is 2.11. The smallest absolute Gasteiger partial charge is 0.226 e. The molecule has 0 amide bonds. The fourth-order valence-electron chi connectivity index (χ4n) is 1.81. The monoisotopic (exact) mass is 221 g/mol. The Morgan fingerprint density at radius 1 is 1.31 bits per heavy atom. The highest BCUT2D eigenvalue weighted by molar-refractivity contribution is 5.43. The quantitative estimate of drug-likeness (QED) is 0.780. The Bertz CT molecular complexity index is 331. The molecule has 2 rings (SSSR count). The molecule has 5 nitrogen and oxygen atoms in total. The van der Waals surface area contributed by atoms with E-state index < -0.39 is 0 Å². The van der Waals surface area contributed by atoms with E-state index in [1.807, 2.05) is 31.3 Å². The van der Waals surface area contributed by atoms with Gasteiger partial charge < -0.3 is 15.1 Å². The Labute approximate surface area is 96.5 Å². The van der Waals surface area contributed by atoms with E-state index in [4.69, 9.17) is 0 Å². The summed E-state index contributed by atoms with van der Waals surface area (Å²) in [5, 5.41) is 3.39. The van der Waals surface area contributed by atoms with Gasteiger partial charge in [-0.1, -0.05) is 0 Å². The standard InChI is InChI=1S/C11H19N5/c1-15(2)11-13-6-4-10(14-11)16-8-3-5-12-7-9-16/h4,6,12H,3,5,7-9H2,1-2H3. The van der Waals surface area contributed by atoms with Crippen LogP contribution in [-0.4, -0.2) is 50.2 Å². The molecule has 1 aliphatic rings. The average Bonchev–Trinajstić information content (AvgIpc) is 2.57. The molecular weight excluding hydrogens is 202 g/mol. The Hall–Kier alpha value is -1.36. The number of nitrogens with one attached hydrogen (secondary N) is 1. The van der Waals surface area contributed by atoms with Crippen LogP contribution in [0.25, 0.3) is 0 Å². The minimum absolute atomic E-state index is 0.773. The molecule has 1 N–H and O–H groups in total. The third-order valence-corrected chi connectivity index (χ3v) is 2.69. The minimum Gasteiger partial charge on any atom is -0.355 e. The van der Waals surface area contributed by atoms with Gasteiger partial charge in [0.25, 0.3) is 0 Å². The Morgan fingerprint density at radius 2 is 2.19 bits per heavy atom. The number of nitrogens with zero attached hydrogens (tertiary/aromatic N) is 4. The van der Waals surface area contributed by atoms with Crippen LogP contribution < -0.4 is 15.1 Å². The third kappa shape index (κ3) is 2.61. The van der Waals surface area contributed by atoms with Gasteiger partial charge in [-0.25, -0.2) is 4.98 Å². The van der Waals surface area contributed by atoms with E-state index in [0.29, 0.717) is 0 Å². The average molecular weight is 221 g/mol. The summed E-state index contributed by atoms with van der Waals surface area (Å²) in [4.78, 5) is 13.0. The summed E-state index contributed by atoms with van der Waals surface area (Å²) in [6, 6.07) is 1.98. The van der Waals surface area contributed by atoms with Gasteiger partial charge in [-0.05, 0) is 19.0 Å². The van der Waals surface area contributed by atoms with E-state index in [2.05, 4.69) is 20.2 Å². The van der Waals surface area contributed by atoms with E-state index in [1.54, 1.807) is 0 Å². The van der Waals surface area contributed by atoms with Crippen LogP contribution in [0.3, 0.4) is 0 Å². The normalized spacial score (nSPS) is 17.0. The van der Waals surface area contributed by atoms with Crippen LogP contribution in [-0.2, 0) is 0 Å². The van der Waals surface area contributed by atoms with Gasteiger partial charge in [0.2, 0.25) is 5.95 Å². The lowest BCUT2D eigenvalue weighted by Crippen LogP contribution is -2.29. The second-order valence-electron chi connectivity index (χ2n) is 4.20. The van der Waals surface area contributed by atoms with Crippen molar-refractivity contribution in [2.45, 2.75) is 6.42 Å². The van der Waals surface area contributed by atoms with Crippen molar-refractivity contribution >= 4 is 11.8 Å². The number of anilines is 2. The number of rotatable bonds is 2. The van der Waals surface area contributed by atoms with Crippen molar-refractivity contribution in [3.05, 3.63) is 12.3 Å². The van der Waals surface area contributed by atoms with Gasteiger partial charge in [0, 0.05) is 39.9 Å².